The van der Waals surface area contributed by atoms with Gasteiger partial charge in [0.15, 0.2) is 0 Å². The molecular weight excluding hydrogens is 168 g/mol. The lowest BCUT2D eigenvalue weighted by atomic mass is 10.2. The van der Waals surface area contributed by atoms with E-state index in [-0.39, 0.29) is 12.2 Å². The minimum Gasteiger partial charge on any atom is -0.442 e. The van der Waals surface area contributed by atoms with E-state index in [1.807, 2.05) is 4.90 Å². The van der Waals surface area contributed by atoms with Crippen molar-refractivity contribution in [3.63, 3.8) is 0 Å². The van der Waals surface area contributed by atoms with Gasteiger partial charge in [-0.1, -0.05) is 0 Å². The average Bonchev–Trinajstić information content (AvgIpc) is 2.74. The van der Waals surface area contributed by atoms with Crippen molar-refractivity contribution in [1.29, 1.82) is 0 Å². The Morgan fingerprint density at radius 3 is 3.08 bits per heavy atom. The van der Waals surface area contributed by atoms with Crippen LogP contribution in [0, 0.1) is 5.92 Å². The number of hydrogen-bond donors (Lipinski definition) is 1. The molecule has 2 heterocycles. The third-order valence-electron chi connectivity index (χ3n) is 3.17. The number of carbonyl (C=O) groups is 1. The van der Waals surface area contributed by atoms with Crippen LogP contribution in [0.15, 0.2) is 0 Å². The van der Waals surface area contributed by atoms with E-state index in [2.05, 4.69) is 5.32 Å². The molecule has 1 amide bonds. The highest BCUT2D eigenvalue weighted by atomic mass is 16.6. The van der Waals surface area contributed by atoms with E-state index in [0.29, 0.717) is 6.04 Å². The van der Waals surface area contributed by atoms with Gasteiger partial charge < -0.3 is 10.1 Å². The molecule has 0 radical (unpaired) electrons. The number of nitrogens with zero attached hydrogens (tertiary/aromatic N) is 1. The van der Waals surface area contributed by atoms with Crippen molar-refractivity contribution in [3.05, 3.63) is 0 Å². The van der Waals surface area contributed by atoms with Crippen LogP contribution in [-0.2, 0) is 4.74 Å². The monoisotopic (exact) mass is 182 g/mol. The lowest BCUT2D eigenvalue weighted by molar-refractivity contribution is 0.133. The maximum Gasteiger partial charge on any atom is 0.410 e. The van der Waals surface area contributed by atoms with Gasteiger partial charge in [-0.25, -0.2) is 4.79 Å². The van der Waals surface area contributed by atoms with Crippen LogP contribution < -0.4 is 5.32 Å². The number of amides is 1. The van der Waals surface area contributed by atoms with Crippen molar-refractivity contribution in [2.45, 2.75) is 25.0 Å². The molecule has 4 heteroatoms. The predicted octanol–water partition coefficient (Wildman–Crippen LogP) is 0.189. The molecule has 72 valence electrons. The molecule has 4 nitrogen and oxygen atoms in total. The zero-order valence-corrected chi connectivity index (χ0v) is 7.53. The van der Waals surface area contributed by atoms with Crippen molar-refractivity contribution >= 4 is 6.09 Å². The predicted molar refractivity (Wildman–Crippen MR) is 46.4 cm³/mol. The van der Waals surface area contributed by atoms with Crippen molar-refractivity contribution in [2.24, 2.45) is 5.92 Å². The standard InChI is InChI=1S/C9H14N2O2/c12-9-11(5-6-1-2-6)7-3-10-4-8(7)13-9/h6-8,10H,1-5H2. The average molecular weight is 182 g/mol. The zero-order valence-electron chi connectivity index (χ0n) is 7.53. The smallest absolute Gasteiger partial charge is 0.410 e. The Morgan fingerprint density at radius 2 is 2.31 bits per heavy atom. The summed E-state index contributed by atoms with van der Waals surface area (Å²) in [5.41, 5.74) is 0. The van der Waals surface area contributed by atoms with Gasteiger partial charge in [-0.3, -0.25) is 4.90 Å². The lowest BCUT2D eigenvalue weighted by Crippen LogP contribution is -2.38. The fourth-order valence-electron chi connectivity index (χ4n) is 2.19. The topological polar surface area (TPSA) is 41.6 Å². The summed E-state index contributed by atoms with van der Waals surface area (Å²) in [7, 11) is 0. The Balaban J connectivity index is 1.72. The highest BCUT2D eigenvalue weighted by molar-refractivity contribution is 5.71. The highest BCUT2D eigenvalue weighted by Crippen LogP contribution is 2.33. The van der Waals surface area contributed by atoms with Crippen LogP contribution >= 0.6 is 0 Å². The van der Waals surface area contributed by atoms with E-state index in [1.54, 1.807) is 0 Å². The number of hydrogen-bond acceptors (Lipinski definition) is 3. The van der Waals surface area contributed by atoms with E-state index < -0.39 is 0 Å². The third kappa shape index (κ3) is 1.20. The summed E-state index contributed by atoms with van der Waals surface area (Å²) in [5, 5.41) is 3.25. The van der Waals surface area contributed by atoms with Crippen molar-refractivity contribution in [1.82, 2.24) is 10.2 Å². The second-order valence-electron chi connectivity index (χ2n) is 4.24. The summed E-state index contributed by atoms with van der Waals surface area (Å²) in [5.74, 6) is 0.756. The van der Waals surface area contributed by atoms with Crippen LogP contribution in [0.5, 0.6) is 0 Å². The molecule has 2 unspecified atom stereocenters. The van der Waals surface area contributed by atoms with E-state index in [4.69, 9.17) is 4.74 Å². The molecule has 0 bridgehead atoms. The first-order valence-corrected chi connectivity index (χ1v) is 5.02. The molecule has 3 aliphatic rings. The fourth-order valence-corrected chi connectivity index (χ4v) is 2.19. The number of carbonyl (C=O) groups excluding carboxylic acids is 1. The minimum absolute atomic E-state index is 0.0941. The molecule has 0 aromatic rings. The van der Waals surface area contributed by atoms with E-state index in [9.17, 15) is 4.79 Å². The Kier molecular flexibility index (Phi) is 1.53. The Hall–Kier alpha value is -0.770. The van der Waals surface area contributed by atoms with Crippen molar-refractivity contribution in [3.8, 4) is 0 Å². The molecule has 0 aromatic carbocycles. The van der Waals surface area contributed by atoms with Crippen LogP contribution in [0.4, 0.5) is 4.79 Å². The fraction of sp³-hybridized carbons (Fsp3) is 0.889. The van der Waals surface area contributed by atoms with E-state index in [1.165, 1.54) is 12.8 Å². The molecule has 3 rings (SSSR count). The summed E-state index contributed by atoms with van der Waals surface area (Å²) in [6.45, 7) is 2.66. The summed E-state index contributed by atoms with van der Waals surface area (Å²) in [6, 6.07) is 0.313. The van der Waals surface area contributed by atoms with Crippen LogP contribution in [0.2, 0.25) is 0 Å². The summed E-state index contributed by atoms with van der Waals surface area (Å²) in [6.07, 6.45) is 2.60. The van der Waals surface area contributed by atoms with Crippen LogP contribution in [0.25, 0.3) is 0 Å². The van der Waals surface area contributed by atoms with Crippen LogP contribution in [0.3, 0.4) is 0 Å². The van der Waals surface area contributed by atoms with Gasteiger partial charge in [-0.2, -0.15) is 0 Å². The van der Waals surface area contributed by atoms with E-state index in [0.717, 1.165) is 25.6 Å². The van der Waals surface area contributed by atoms with Crippen LogP contribution in [-0.4, -0.2) is 42.8 Å². The van der Waals surface area contributed by atoms with Crippen molar-refractivity contribution in [2.75, 3.05) is 19.6 Å². The second-order valence-corrected chi connectivity index (χ2v) is 4.24. The quantitative estimate of drug-likeness (QED) is 0.662. The summed E-state index contributed by atoms with van der Waals surface area (Å²) >= 11 is 0. The van der Waals surface area contributed by atoms with Crippen LogP contribution in [0.1, 0.15) is 12.8 Å². The molecule has 3 fully saturated rings. The molecule has 2 aliphatic heterocycles. The first-order chi connectivity index (χ1) is 6.34. The molecular formula is C9H14N2O2. The number of rotatable bonds is 2. The molecule has 13 heavy (non-hydrogen) atoms. The second kappa shape index (κ2) is 2.61. The largest absolute Gasteiger partial charge is 0.442 e. The lowest BCUT2D eigenvalue weighted by Gasteiger charge is -2.18. The minimum atomic E-state index is -0.0941. The van der Waals surface area contributed by atoms with Crippen molar-refractivity contribution < 1.29 is 9.53 Å². The number of nitrogens with one attached hydrogen (secondary N) is 1. The van der Waals surface area contributed by atoms with Gasteiger partial charge in [0.25, 0.3) is 0 Å². The Labute approximate surface area is 77.2 Å². The Morgan fingerprint density at radius 1 is 1.46 bits per heavy atom. The maximum atomic E-state index is 11.4. The first kappa shape index (κ1) is 7.62. The van der Waals surface area contributed by atoms with Gasteiger partial charge in [0.05, 0.1) is 6.04 Å². The molecule has 0 aromatic heterocycles. The Bertz CT molecular complexity index is 240. The summed E-state index contributed by atoms with van der Waals surface area (Å²) in [4.78, 5) is 13.3. The highest BCUT2D eigenvalue weighted by Gasteiger charge is 2.45. The number of ether oxygens (including phenoxy) is 1. The zero-order chi connectivity index (χ0) is 8.84. The van der Waals surface area contributed by atoms with Gasteiger partial charge in [-0.05, 0) is 18.8 Å². The van der Waals surface area contributed by atoms with Gasteiger partial charge in [0.2, 0.25) is 0 Å². The normalized spacial score (nSPS) is 37.8. The molecule has 1 aliphatic carbocycles. The van der Waals surface area contributed by atoms with Gasteiger partial charge in [0.1, 0.15) is 6.10 Å². The molecule has 1 N–H and O–H groups in total. The van der Waals surface area contributed by atoms with E-state index >= 15 is 0 Å². The molecule has 2 saturated heterocycles. The molecule has 0 spiro atoms. The van der Waals surface area contributed by atoms with Gasteiger partial charge in [0, 0.05) is 19.6 Å². The maximum absolute atomic E-state index is 11.4. The molecule has 2 atom stereocenters. The SMILES string of the molecule is O=C1OC2CNCC2N1CC1CC1. The van der Waals surface area contributed by atoms with Gasteiger partial charge >= 0.3 is 6.09 Å². The third-order valence-corrected chi connectivity index (χ3v) is 3.17. The summed E-state index contributed by atoms with van der Waals surface area (Å²) < 4.78 is 5.25. The van der Waals surface area contributed by atoms with Gasteiger partial charge in [-0.15, -0.1) is 0 Å². The number of fused-ring (bicyclic) bond motifs is 1. The first-order valence-electron chi connectivity index (χ1n) is 5.02. The molecule has 1 saturated carbocycles.